The van der Waals surface area contributed by atoms with E-state index in [0.29, 0.717) is 35.8 Å². The van der Waals surface area contributed by atoms with E-state index in [9.17, 15) is 9.59 Å². The van der Waals surface area contributed by atoms with Crippen LogP contribution in [0, 0.1) is 23.7 Å². The maximum atomic E-state index is 14.4. The first-order valence-electron chi connectivity index (χ1n) is 20.3. The predicted octanol–water partition coefficient (Wildman–Crippen LogP) is 6.70. The highest BCUT2D eigenvalue weighted by Crippen LogP contribution is 2.45. The first-order chi connectivity index (χ1) is 27.4. The topological polar surface area (TPSA) is 109 Å². The van der Waals surface area contributed by atoms with Gasteiger partial charge in [-0.3, -0.25) is 29.4 Å². The number of piperidine rings is 6. The minimum atomic E-state index is -0.461. The number of hydrogen-bond donors (Lipinski definition) is 2. The molecule has 1 aliphatic carbocycles. The van der Waals surface area contributed by atoms with Crippen LogP contribution in [-0.2, 0) is 9.59 Å². The lowest BCUT2D eigenvalue weighted by atomic mass is 9.72. The third kappa shape index (κ3) is 6.46. The molecule has 10 unspecified atom stereocenters. The molecule has 2 N–H and O–H groups in total. The van der Waals surface area contributed by atoms with Gasteiger partial charge < -0.3 is 20.1 Å². The Labute approximate surface area is 329 Å². The van der Waals surface area contributed by atoms with E-state index in [2.05, 4.69) is 63.9 Å². The van der Waals surface area contributed by atoms with Gasteiger partial charge in [-0.25, -0.2) is 0 Å². The standard InChI is InChI=1S/C46H52N6O4/c1-5-27-25-51-19-15-29(27)21-40(51)43(33-13-17-47-37-9-7-31(55-3)23-35(33)37)49-39-11-12-42(53)46(54)45(39)50-44(41-22-30-16-20-52(41)26-28(30)6-2)34-14-18-48-38-10-8-32(56-4)24-36(34)38/h5-10,13-14,17-18,23-24,27-30,40-41,43-44,49-50H,1-2,11-12,15-16,19-22,25-26H2,3-4H3. The molecule has 2 aromatic carbocycles. The summed E-state index contributed by atoms with van der Waals surface area (Å²) in [5.41, 5.74) is 5.05. The van der Waals surface area contributed by atoms with E-state index in [0.717, 1.165) is 102 Å². The van der Waals surface area contributed by atoms with Crippen LogP contribution >= 0.6 is 0 Å². The number of pyridine rings is 2. The van der Waals surface area contributed by atoms with Crippen LogP contribution in [0.25, 0.3) is 21.8 Å². The van der Waals surface area contributed by atoms with E-state index in [1.165, 1.54) is 0 Å². The normalized spacial score (nSPS) is 29.6. The Morgan fingerprint density at radius 2 is 1.25 bits per heavy atom. The molecule has 4 aromatic rings. The molecule has 8 heterocycles. The number of methoxy groups -OCH3 is 2. The zero-order valence-electron chi connectivity index (χ0n) is 32.5. The molecule has 4 bridgehead atoms. The molecular formula is C46H52N6O4. The monoisotopic (exact) mass is 752 g/mol. The summed E-state index contributed by atoms with van der Waals surface area (Å²) in [4.78, 5) is 42.5. The highest BCUT2D eigenvalue weighted by Gasteiger charge is 2.46. The van der Waals surface area contributed by atoms with Crippen LogP contribution in [0.15, 0.2) is 97.6 Å². The van der Waals surface area contributed by atoms with Gasteiger partial charge in [0.25, 0.3) is 0 Å². The number of benzene rings is 2. The minimum Gasteiger partial charge on any atom is -0.497 e. The van der Waals surface area contributed by atoms with E-state index in [1.807, 2.05) is 42.7 Å². The molecule has 10 heteroatoms. The summed E-state index contributed by atoms with van der Waals surface area (Å²) in [6.45, 7) is 12.2. The van der Waals surface area contributed by atoms with E-state index in [4.69, 9.17) is 19.4 Å². The molecule has 11 rings (SSSR count). The Hall–Kier alpha value is -5.06. The van der Waals surface area contributed by atoms with Crippen LogP contribution < -0.4 is 20.1 Å². The van der Waals surface area contributed by atoms with Gasteiger partial charge in [-0.15, -0.1) is 13.2 Å². The lowest BCUT2D eigenvalue weighted by Crippen LogP contribution is -2.58. The Bertz CT molecular complexity index is 2240. The molecule has 0 amide bonds. The van der Waals surface area contributed by atoms with Gasteiger partial charge in [0.2, 0.25) is 11.6 Å². The van der Waals surface area contributed by atoms with Gasteiger partial charge in [0.05, 0.1) is 37.3 Å². The molecule has 6 fully saturated rings. The molecule has 0 spiro atoms. The molecule has 7 aliphatic rings. The summed E-state index contributed by atoms with van der Waals surface area (Å²) in [5.74, 6) is 2.61. The summed E-state index contributed by atoms with van der Waals surface area (Å²) >= 11 is 0. The fourth-order valence-corrected chi connectivity index (χ4v) is 10.7. The number of hydrogen-bond acceptors (Lipinski definition) is 10. The van der Waals surface area contributed by atoms with Gasteiger partial charge in [-0.2, -0.15) is 0 Å². The number of rotatable bonds is 12. The number of nitrogens with one attached hydrogen (secondary N) is 2. The van der Waals surface area contributed by atoms with Crippen molar-refractivity contribution >= 4 is 33.4 Å². The maximum Gasteiger partial charge on any atom is 0.246 e. The summed E-state index contributed by atoms with van der Waals surface area (Å²) in [7, 11) is 3.36. The number of aromatic nitrogens is 2. The molecule has 6 aliphatic heterocycles. The molecular weight excluding hydrogens is 701 g/mol. The van der Waals surface area contributed by atoms with Crippen LogP contribution in [-0.4, -0.2) is 83.8 Å². The second-order valence-electron chi connectivity index (χ2n) is 16.4. The zero-order valence-corrected chi connectivity index (χ0v) is 32.5. The smallest absolute Gasteiger partial charge is 0.246 e. The van der Waals surface area contributed by atoms with Gasteiger partial charge in [-0.1, -0.05) is 12.2 Å². The summed E-state index contributed by atoms with van der Waals surface area (Å²) in [6, 6.07) is 15.9. The van der Waals surface area contributed by atoms with Crippen LogP contribution in [0.1, 0.15) is 61.7 Å². The number of nitrogens with zero attached hydrogens (tertiary/aromatic N) is 4. The van der Waals surface area contributed by atoms with Gasteiger partial charge in [-0.05, 0) is 129 Å². The van der Waals surface area contributed by atoms with Gasteiger partial charge in [0.1, 0.15) is 17.2 Å². The van der Waals surface area contributed by atoms with Crippen molar-refractivity contribution in [2.24, 2.45) is 23.7 Å². The van der Waals surface area contributed by atoms with E-state index >= 15 is 0 Å². The van der Waals surface area contributed by atoms with Crippen LogP contribution in [0.4, 0.5) is 0 Å². The van der Waals surface area contributed by atoms with Crippen LogP contribution in [0.2, 0.25) is 0 Å². The second kappa shape index (κ2) is 15.1. The molecule has 0 radical (unpaired) electrons. The number of carbonyl (C=O) groups excluding carboxylic acids is 2. The van der Waals surface area contributed by atoms with Gasteiger partial charge in [0.15, 0.2) is 0 Å². The third-order valence-corrected chi connectivity index (χ3v) is 13.7. The average molecular weight is 753 g/mol. The Balaban J connectivity index is 1.17. The first kappa shape index (κ1) is 36.6. The Morgan fingerprint density at radius 3 is 1.71 bits per heavy atom. The van der Waals surface area contributed by atoms with Crippen molar-refractivity contribution in [3.8, 4) is 11.5 Å². The quantitative estimate of drug-likeness (QED) is 0.120. The molecule has 10 atom stereocenters. The second-order valence-corrected chi connectivity index (χ2v) is 16.4. The summed E-state index contributed by atoms with van der Waals surface area (Å²) < 4.78 is 11.4. The number of Topliss-reactive ketones (excluding diaryl/α,β-unsaturated/α-hetero) is 2. The van der Waals surface area contributed by atoms with E-state index in [-0.39, 0.29) is 36.4 Å². The molecule has 0 saturated carbocycles. The van der Waals surface area contributed by atoms with Crippen molar-refractivity contribution in [1.82, 2.24) is 30.4 Å². The molecule has 290 valence electrons. The Morgan fingerprint density at radius 1 is 0.732 bits per heavy atom. The molecule has 6 saturated heterocycles. The van der Waals surface area contributed by atoms with E-state index in [1.54, 1.807) is 14.2 Å². The van der Waals surface area contributed by atoms with Crippen molar-refractivity contribution in [2.75, 3.05) is 40.4 Å². The summed E-state index contributed by atoms with van der Waals surface area (Å²) in [6.07, 6.45) is 12.8. The largest absolute Gasteiger partial charge is 0.497 e. The van der Waals surface area contributed by atoms with Crippen molar-refractivity contribution in [3.63, 3.8) is 0 Å². The van der Waals surface area contributed by atoms with Gasteiger partial charge >= 0.3 is 0 Å². The lowest BCUT2D eigenvalue weighted by Gasteiger charge is -2.52. The summed E-state index contributed by atoms with van der Waals surface area (Å²) in [5, 5.41) is 9.82. The van der Waals surface area contributed by atoms with Crippen LogP contribution in [0.3, 0.4) is 0 Å². The molecule has 10 nitrogen and oxygen atoms in total. The van der Waals surface area contributed by atoms with Gasteiger partial charge in [0, 0.05) is 60.5 Å². The number of allylic oxidation sites excluding steroid dienone is 2. The fraction of sp³-hybridized carbons (Fsp3) is 0.435. The Kier molecular flexibility index (Phi) is 9.87. The third-order valence-electron chi connectivity index (χ3n) is 13.7. The number of ketones is 2. The fourth-order valence-electron chi connectivity index (χ4n) is 10.7. The highest BCUT2D eigenvalue weighted by molar-refractivity contribution is 6.44. The van der Waals surface area contributed by atoms with Crippen molar-refractivity contribution in [1.29, 1.82) is 0 Å². The lowest BCUT2D eigenvalue weighted by molar-refractivity contribution is -0.135. The molecule has 2 aromatic heterocycles. The first-order valence-corrected chi connectivity index (χ1v) is 20.3. The van der Waals surface area contributed by atoms with Crippen molar-refractivity contribution in [3.05, 3.63) is 109 Å². The zero-order chi connectivity index (χ0) is 38.5. The van der Waals surface area contributed by atoms with Crippen molar-refractivity contribution in [2.45, 2.75) is 62.7 Å². The number of ether oxygens (including phenoxy) is 2. The van der Waals surface area contributed by atoms with Crippen LogP contribution in [0.5, 0.6) is 11.5 Å². The maximum absolute atomic E-state index is 14.4. The SMILES string of the molecule is C=CC1CN2CCC1CC2C(NC1=C(NC(c2ccnc3ccc(OC)cc23)C2CC3CCN2CC3C=C)C(=O)C(=O)CC1)c1ccnc2ccc(OC)cc12. The van der Waals surface area contributed by atoms with Crippen molar-refractivity contribution < 1.29 is 19.1 Å². The average Bonchev–Trinajstić information content (AvgIpc) is 3.26. The number of fused-ring (bicyclic) bond motifs is 8. The number of carbonyl (C=O) groups is 2. The highest BCUT2D eigenvalue weighted by atomic mass is 16.5. The molecule has 56 heavy (non-hydrogen) atoms. The predicted molar refractivity (Wildman–Crippen MR) is 218 cm³/mol. The van der Waals surface area contributed by atoms with E-state index < -0.39 is 5.78 Å². The minimum absolute atomic E-state index is 0.0868.